The highest BCUT2D eigenvalue weighted by Crippen LogP contribution is 2.32. The van der Waals surface area contributed by atoms with Gasteiger partial charge in [0.15, 0.2) is 0 Å². The highest BCUT2D eigenvalue weighted by molar-refractivity contribution is 5.23. The van der Waals surface area contributed by atoms with Crippen molar-refractivity contribution in [2.45, 2.75) is 38.8 Å². The average Bonchev–Trinajstić information content (AvgIpc) is 2.32. The van der Waals surface area contributed by atoms with E-state index in [-0.39, 0.29) is 11.9 Å². The molecule has 0 saturated heterocycles. The second-order valence-electron chi connectivity index (χ2n) is 5.49. The monoisotopic (exact) mass is 251 g/mol. The highest BCUT2D eigenvalue weighted by atomic mass is 19.1. The lowest BCUT2D eigenvalue weighted by Gasteiger charge is -2.39. The molecule has 0 spiro atoms. The van der Waals surface area contributed by atoms with E-state index in [1.165, 1.54) is 12.1 Å². The van der Waals surface area contributed by atoms with E-state index in [1.54, 1.807) is 6.07 Å². The van der Waals surface area contributed by atoms with E-state index in [4.69, 9.17) is 4.74 Å². The van der Waals surface area contributed by atoms with Gasteiger partial charge < -0.3 is 10.1 Å². The molecule has 100 valence electrons. The molecule has 2 rings (SSSR count). The maximum Gasteiger partial charge on any atom is 0.126 e. The number of hydrogen-bond donors (Lipinski definition) is 1. The summed E-state index contributed by atoms with van der Waals surface area (Å²) >= 11 is 0. The molecule has 1 fully saturated rings. The van der Waals surface area contributed by atoms with Gasteiger partial charge in [-0.25, -0.2) is 4.39 Å². The van der Waals surface area contributed by atoms with Crippen LogP contribution in [0.3, 0.4) is 0 Å². The van der Waals surface area contributed by atoms with Crippen LogP contribution < -0.4 is 10.1 Å². The fourth-order valence-corrected chi connectivity index (χ4v) is 3.01. The molecule has 1 aromatic rings. The molecule has 4 unspecified atom stereocenters. The number of halogens is 1. The predicted octanol–water partition coefficient (Wildman–Crippen LogP) is 3.23. The zero-order chi connectivity index (χ0) is 13.1. The molecule has 1 aliphatic carbocycles. The standard InChI is InChI=1S/C15H22FNO/c1-10-7-11(2)15(14(8-10)17-3)18-13-6-4-5-12(16)9-13/h4-6,9-11,14-15,17H,7-8H2,1-3H3. The summed E-state index contributed by atoms with van der Waals surface area (Å²) in [5, 5.41) is 3.33. The van der Waals surface area contributed by atoms with Crippen LogP contribution in [0.4, 0.5) is 4.39 Å². The minimum atomic E-state index is -0.245. The molecule has 0 bridgehead atoms. The molecule has 1 saturated carbocycles. The smallest absolute Gasteiger partial charge is 0.126 e. The Morgan fingerprint density at radius 2 is 2.06 bits per heavy atom. The third-order valence-electron chi connectivity index (χ3n) is 3.83. The fraction of sp³-hybridized carbons (Fsp3) is 0.600. The number of benzene rings is 1. The van der Waals surface area contributed by atoms with Crippen molar-refractivity contribution in [3.63, 3.8) is 0 Å². The molecule has 0 aliphatic heterocycles. The van der Waals surface area contributed by atoms with E-state index < -0.39 is 0 Å². The van der Waals surface area contributed by atoms with Crippen LogP contribution in [0.5, 0.6) is 5.75 Å². The maximum atomic E-state index is 13.2. The Hall–Kier alpha value is -1.09. The zero-order valence-electron chi connectivity index (χ0n) is 11.3. The number of rotatable bonds is 3. The molecule has 0 aromatic heterocycles. The summed E-state index contributed by atoms with van der Waals surface area (Å²) in [6, 6.07) is 6.74. The van der Waals surface area contributed by atoms with Crippen LogP contribution in [0.2, 0.25) is 0 Å². The van der Waals surface area contributed by atoms with Gasteiger partial charge in [0.2, 0.25) is 0 Å². The first-order chi connectivity index (χ1) is 8.60. The summed E-state index contributed by atoms with van der Waals surface area (Å²) in [6.45, 7) is 4.49. The predicted molar refractivity (Wildman–Crippen MR) is 71.2 cm³/mol. The van der Waals surface area contributed by atoms with Crippen LogP contribution >= 0.6 is 0 Å². The molecule has 1 aliphatic rings. The second-order valence-corrected chi connectivity index (χ2v) is 5.49. The van der Waals surface area contributed by atoms with Crippen LogP contribution in [0.25, 0.3) is 0 Å². The minimum Gasteiger partial charge on any atom is -0.488 e. The van der Waals surface area contributed by atoms with Crippen molar-refractivity contribution >= 4 is 0 Å². The molecule has 0 amide bonds. The molecule has 3 heteroatoms. The van der Waals surface area contributed by atoms with E-state index >= 15 is 0 Å². The molecule has 1 N–H and O–H groups in total. The molecular weight excluding hydrogens is 229 g/mol. The Morgan fingerprint density at radius 1 is 1.28 bits per heavy atom. The van der Waals surface area contributed by atoms with Gasteiger partial charge in [0.1, 0.15) is 17.7 Å². The summed E-state index contributed by atoms with van der Waals surface area (Å²) in [4.78, 5) is 0. The van der Waals surface area contributed by atoms with E-state index in [0.29, 0.717) is 23.6 Å². The number of hydrogen-bond acceptors (Lipinski definition) is 2. The quantitative estimate of drug-likeness (QED) is 0.890. The lowest BCUT2D eigenvalue weighted by Crippen LogP contribution is -2.49. The number of ether oxygens (including phenoxy) is 1. The number of nitrogens with one attached hydrogen (secondary N) is 1. The van der Waals surface area contributed by atoms with Crippen LogP contribution in [0.15, 0.2) is 24.3 Å². The third-order valence-corrected chi connectivity index (χ3v) is 3.83. The Labute approximate surface area is 109 Å². The Morgan fingerprint density at radius 3 is 2.72 bits per heavy atom. The van der Waals surface area contributed by atoms with Gasteiger partial charge in [-0.1, -0.05) is 19.9 Å². The normalized spacial score (nSPS) is 32.2. The molecule has 18 heavy (non-hydrogen) atoms. The largest absolute Gasteiger partial charge is 0.488 e. The maximum absolute atomic E-state index is 13.2. The summed E-state index contributed by atoms with van der Waals surface area (Å²) in [5.41, 5.74) is 0. The Bertz CT molecular complexity index is 396. The lowest BCUT2D eigenvalue weighted by atomic mass is 9.78. The van der Waals surface area contributed by atoms with Crippen molar-refractivity contribution in [2.24, 2.45) is 11.8 Å². The van der Waals surface area contributed by atoms with E-state index in [0.717, 1.165) is 12.8 Å². The topological polar surface area (TPSA) is 21.3 Å². The van der Waals surface area contributed by atoms with Crippen LogP contribution in [0, 0.1) is 17.7 Å². The summed E-state index contributed by atoms with van der Waals surface area (Å²) in [6.07, 6.45) is 2.40. The van der Waals surface area contributed by atoms with E-state index in [1.807, 2.05) is 13.1 Å². The van der Waals surface area contributed by atoms with Crippen LogP contribution in [0.1, 0.15) is 26.7 Å². The van der Waals surface area contributed by atoms with Crippen molar-refractivity contribution in [2.75, 3.05) is 7.05 Å². The van der Waals surface area contributed by atoms with Crippen molar-refractivity contribution < 1.29 is 9.13 Å². The van der Waals surface area contributed by atoms with Gasteiger partial charge in [-0.05, 0) is 43.9 Å². The summed E-state index contributed by atoms with van der Waals surface area (Å²) in [7, 11) is 1.97. The summed E-state index contributed by atoms with van der Waals surface area (Å²) < 4.78 is 19.2. The van der Waals surface area contributed by atoms with Crippen molar-refractivity contribution in [3.8, 4) is 5.75 Å². The lowest BCUT2D eigenvalue weighted by molar-refractivity contribution is 0.0504. The first-order valence-electron chi connectivity index (χ1n) is 6.69. The molecule has 1 aromatic carbocycles. The van der Waals surface area contributed by atoms with Gasteiger partial charge in [-0.3, -0.25) is 0 Å². The van der Waals surface area contributed by atoms with Crippen molar-refractivity contribution in [3.05, 3.63) is 30.1 Å². The van der Waals surface area contributed by atoms with E-state index in [9.17, 15) is 4.39 Å². The molecule has 0 heterocycles. The minimum absolute atomic E-state index is 0.119. The second kappa shape index (κ2) is 5.70. The zero-order valence-corrected chi connectivity index (χ0v) is 11.3. The molecule has 4 atom stereocenters. The van der Waals surface area contributed by atoms with Crippen LogP contribution in [-0.2, 0) is 0 Å². The molecular formula is C15H22FNO. The highest BCUT2D eigenvalue weighted by Gasteiger charge is 2.34. The summed E-state index contributed by atoms with van der Waals surface area (Å²) in [5.74, 6) is 1.58. The molecule has 0 radical (unpaired) electrons. The SMILES string of the molecule is CNC1CC(C)CC(C)C1Oc1cccc(F)c1. The first-order valence-corrected chi connectivity index (χ1v) is 6.69. The fourth-order valence-electron chi connectivity index (χ4n) is 3.01. The van der Waals surface area contributed by atoms with Gasteiger partial charge in [-0.15, -0.1) is 0 Å². The van der Waals surface area contributed by atoms with Gasteiger partial charge in [0.05, 0.1) is 0 Å². The number of likely N-dealkylation sites (N-methyl/N-ethyl adjacent to an activating group) is 1. The van der Waals surface area contributed by atoms with E-state index in [2.05, 4.69) is 19.2 Å². The van der Waals surface area contributed by atoms with Gasteiger partial charge in [-0.2, -0.15) is 0 Å². The van der Waals surface area contributed by atoms with Gasteiger partial charge in [0, 0.05) is 12.1 Å². The average molecular weight is 251 g/mol. The van der Waals surface area contributed by atoms with Crippen LogP contribution in [-0.4, -0.2) is 19.2 Å². The Kier molecular flexibility index (Phi) is 4.23. The van der Waals surface area contributed by atoms with Gasteiger partial charge in [0.25, 0.3) is 0 Å². The first kappa shape index (κ1) is 13.3. The van der Waals surface area contributed by atoms with Gasteiger partial charge >= 0.3 is 0 Å². The Balaban J connectivity index is 2.10. The third kappa shape index (κ3) is 3.02. The molecule has 2 nitrogen and oxygen atoms in total. The van der Waals surface area contributed by atoms with Crippen molar-refractivity contribution in [1.29, 1.82) is 0 Å². The van der Waals surface area contributed by atoms with Crippen molar-refractivity contribution in [1.82, 2.24) is 5.32 Å².